The highest BCUT2D eigenvalue weighted by molar-refractivity contribution is 7.09. The van der Waals surface area contributed by atoms with Gasteiger partial charge in [-0.25, -0.2) is 0 Å². The Hall–Kier alpha value is -0.650. The van der Waals surface area contributed by atoms with Crippen LogP contribution in [0.25, 0.3) is 0 Å². The summed E-state index contributed by atoms with van der Waals surface area (Å²) in [7, 11) is 0. The van der Waals surface area contributed by atoms with Gasteiger partial charge in [0.25, 0.3) is 5.91 Å². The number of hydrogen-bond donors (Lipinski definition) is 0. The predicted octanol–water partition coefficient (Wildman–Crippen LogP) is -2.48. The molecule has 0 aromatic carbocycles. The van der Waals surface area contributed by atoms with Crippen LogP contribution in [0, 0.1) is 13.8 Å². The summed E-state index contributed by atoms with van der Waals surface area (Å²) in [6.07, 6.45) is 0. The summed E-state index contributed by atoms with van der Waals surface area (Å²) in [6.45, 7) is 7.36. The Balaban J connectivity index is 0.00000144. The number of carbonyl (C=O) groups excluding carboxylic acids is 1. The third-order valence-corrected chi connectivity index (χ3v) is 3.98. The molecule has 17 heavy (non-hydrogen) atoms. The maximum Gasteiger partial charge on any atom is 0.288 e. The van der Waals surface area contributed by atoms with Crippen molar-refractivity contribution < 1.29 is 26.5 Å². The van der Waals surface area contributed by atoms with Crippen molar-refractivity contribution in [3.05, 3.63) is 16.1 Å². The first-order valence-electron chi connectivity index (χ1n) is 5.48. The number of thiazole rings is 1. The van der Waals surface area contributed by atoms with E-state index in [1.165, 1.54) is 10.6 Å². The summed E-state index contributed by atoms with van der Waals surface area (Å²) >= 11 is 1.69. The van der Waals surface area contributed by atoms with Crippen LogP contribution in [0.5, 0.6) is 0 Å². The van der Waals surface area contributed by atoms with Crippen LogP contribution >= 0.6 is 11.3 Å². The minimum absolute atomic E-state index is 0. The molecule has 1 fully saturated rings. The lowest BCUT2D eigenvalue weighted by Gasteiger charge is -2.25. The molecular weight excluding hydrogens is 260 g/mol. The number of amides is 1. The zero-order valence-electron chi connectivity index (χ0n) is 10.1. The van der Waals surface area contributed by atoms with Gasteiger partial charge in [-0.1, -0.05) is 11.3 Å². The zero-order valence-corrected chi connectivity index (χ0v) is 11.7. The first-order chi connectivity index (χ1) is 7.68. The van der Waals surface area contributed by atoms with Gasteiger partial charge in [-0.05, 0) is 6.92 Å². The van der Waals surface area contributed by atoms with Crippen molar-refractivity contribution in [1.82, 2.24) is 4.90 Å². The van der Waals surface area contributed by atoms with Crippen molar-refractivity contribution in [2.45, 2.75) is 20.4 Å². The third kappa shape index (κ3) is 3.40. The molecule has 0 unspecified atom stereocenters. The minimum atomic E-state index is 0. The summed E-state index contributed by atoms with van der Waals surface area (Å²) in [5.74, 6) is 0.189. The number of rotatable bonds is 2. The summed E-state index contributed by atoms with van der Waals surface area (Å²) in [5.41, 5.74) is 3.20. The van der Waals surface area contributed by atoms with Crippen LogP contribution in [-0.2, 0) is 16.1 Å². The van der Waals surface area contributed by atoms with Crippen molar-refractivity contribution in [2.75, 3.05) is 26.3 Å². The molecule has 6 heteroatoms. The van der Waals surface area contributed by atoms with Crippen molar-refractivity contribution in [3.63, 3.8) is 0 Å². The average molecular weight is 277 g/mol. The van der Waals surface area contributed by atoms with E-state index in [1.54, 1.807) is 11.3 Å². The molecule has 0 atom stereocenters. The first-order valence-corrected chi connectivity index (χ1v) is 6.36. The molecule has 1 aromatic heterocycles. The number of ether oxygens (including phenoxy) is 1. The Morgan fingerprint density at radius 1 is 1.47 bits per heavy atom. The molecule has 96 valence electrons. The number of hydrogen-bond acceptors (Lipinski definition) is 3. The fourth-order valence-electron chi connectivity index (χ4n) is 1.72. The highest BCUT2D eigenvalue weighted by Crippen LogP contribution is 2.08. The van der Waals surface area contributed by atoms with Gasteiger partial charge in [-0.3, -0.25) is 4.79 Å². The Bertz CT molecular complexity index is 389. The standard InChI is InChI=1S/C11H17N2O2S.ClH/c1-9-10(2)16-8-13(9)7-11(14)12-3-5-15-6-4-12;/h8H,3-7H2,1-2H3;1H/q+1;/p-1. The summed E-state index contributed by atoms with van der Waals surface area (Å²) in [5, 5.41) is 0. The molecule has 0 spiro atoms. The predicted molar refractivity (Wildman–Crippen MR) is 61.4 cm³/mol. The minimum Gasteiger partial charge on any atom is -1.00 e. The number of aromatic nitrogens is 1. The molecule has 1 saturated heterocycles. The Morgan fingerprint density at radius 3 is 2.65 bits per heavy atom. The molecule has 1 aliphatic rings. The first kappa shape index (κ1) is 14.4. The molecule has 0 radical (unpaired) electrons. The number of halogens is 1. The lowest BCUT2D eigenvalue weighted by molar-refractivity contribution is -0.686. The van der Waals surface area contributed by atoms with Gasteiger partial charge in [0, 0.05) is 20.0 Å². The Kier molecular flexibility index (Phi) is 5.36. The van der Waals surface area contributed by atoms with Crippen molar-refractivity contribution in [3.8, 4) is 0 Å². The Morgan fingerprint density at radius 2 is 2.12 bits per heavy atom. The van der Waals surface area contributed by atoms with Crippen LogP contribution < -0.4 is 17.0 Å². The third-order valence-electron chi connectivity index (χ3n) is 2.97. The van der Waals surface area contributed by atoms with E-state index in [1.807, 2.05) is 15.0 Å². The van der Waals surface area contributed by atoms with Gasteiger partial charge in [-0.2, -0.15) is 4.57 Å². The normalized spacial score (nSPS) is 15.5. The van der Waals surface area contributed by atoms with Crippen molar-refractivity contribution >= 4 is 17.2 Å². The fourth-order valence-corrected chi connectivity index (χ4v) is 2.53. The van der Waals surface area contributed by atoms with Crippen LogP contribution in [0.15, 0.2) is 5.51 Å². The maximum atomic E-state index is 12.0. The van der Waals surface area contributed by atoms with E-state index >= 15 is 0 Å². The van der Waals surface area contributed by atoms with Gasteiger partial charge in [0.2, 0.25) is 12.1 Å². The average Bonchev–Trinajstić information content (AvgIpc) is 2.62. The molecule has 1 aliphatic heterocycles. The number of morpholine rings is 1. The number of aryl methyl sites for hydroxylation is 1. The van der Waals surface area contributed by atoms with Crippen LogP contribution in [0.1, 0.15) is 10.6 Å². The second kappa shape index (κ2) is 6.33. The molecule has 0 aliphatic carbocycles. The topological polar surface area (TPSA) is 33.4 Å². The van der Waals surface area contributed by atoms with Crippen molar-refractivity contribution in [1.29, 1.82) is 0 Å². The van der Waals surface area contributed by atoms with Gasteiger partial charge >= 0.3 is 0 Å². The number of nitrogens with zero attached hydrogens (tertiary/aromatic N) is 2. The smallest absolute Gasteiger partial charge is 0.288 e. The lowest BCUT2D eigenvalue weighted by Crippen LogP contribution is -3.00. The molecule has 4 nitrogen and oxygen atoms in total. The summed E-state index contributed by atoms with van der Waals surface area (Å²) < 4.78 is 7.25. The van der Waals surface area contributed by atoms with E-state index in [4.69, 9.17) is 4.74 Å². The van der Waals surface area contributed by atoms with Gasteiger partial charge in [0.1, 0.15) is 0 Å². The second-order valence-corrected chi connectivity index (χ2v) is 5.04. The van der Waals surface area contributed by atoms with Gasteiger partial charge in [-0.15, -0.1) is 0 Å². The highest BCUT2D eigenvalue weighted by Gasteiger charge is 2.22. The van der Waals surface area contributed by atoms with Gasteiger partial charge in [0.15, 0.2) is 5.69 Å². The van der Waals surface area contributed by atoms with E-state index in [0.717, 1.165) is 13.1 Å². The fraction of sp³-hybridized carbons (Fsp3) is 0.636. The number of carbonyl (C=O) groups is 1. The van der Waals surface area contributed by atoms with E-state index in [2.05, 4.69) is 13.8 Å². The largest absolute Gasteiger partial charge is 1.00 e. The summed E-state index contributed by atoms with van der Waals surface area (Å²) in [4.78, 5) is 15.1. The molecular formula is C11H17ClN2O2S. The molecule has 0 saturated carbocycles. The van der Waals surface area contributed by atoms with E-state index in [0.29, 0.717) is 19.8 Å². The van der Waals surface area contributed by atoms with E-state index in [9.17, 15) is 4.79 Å². The lowest BCUT2D eigenvalue weighted by atomic mass is 10.3. The van der Waals surface area contributed by atoms with Crippen LogP contribution in [0.4, 0.5) is 0 Å². The van der Waals surface area contributed by atoms with E-state index < -0.39 is 0 Å². The van der Waals surface area contributed by atoms with Crippen LogP contribution in [0.3, 0.4) is 0 Å². The molecule has 2 heterocycles. The van der Waals surface area contributed by atoms with Crippen LogP contribution in [-0.4, -0.2) is 37.1 Å². The Labute approximate surface area is 112 Å². The highest BCUT2D eigenvalue weighted by atomic mass is 35.5. The monoisotopic (exact) mass is 276 g/mol. The molecule has 0 N–H and O–H groups in total. The van der Waals surface area contributed by atoms with Crippen LogP contribution in [0.2, 0.25) is 0 Å². The van der Waals surface area contributed by atoms with E-state index in [-0.39, 0.29) is 18.3 Å². The SMILES string of the molecule is Cc1sc[n+](CC(=O)N2CCOCC2)c1C.[Cl-]. The zero-order chi connectivity index (χ0) is 11.5. The molecule has 1 aromatic rings. The van der Waals surface area contributed by atoms with Crippen molar-refractivity contribution in [2.24, 2.45) is 0 Å². The van der Waals surface area contributed by atoms with Gasteiger partial charge in [0.05, 0.1) is 18.1 Å². The molecule has 2 rings (SSSR count). The maximum absolute atomic E-state index is 12.0. The quantitative estimate of drug-likeness (QED) is 0.561. The second-order valence-electron chi connectivity index (χ2n) is 3.99. The molecule has 1 amide bonds. The molecule has 0 bridgehead atoms. The van der Waals surface area contributed by atoms with Gasteiger partial charge < -0.3 is 22.0 Å². The summed E-state index contributed by atoms with van der Waals surface area (Å²) in [6, 6.07) is 0.